The Bertz CT molecular complexity index is 2980. The molecule has 0 radical (unpaired) electrons. The second kappa shape index (κ2) is 11.5. The molecule has 0 saturated heterocycles. The molecule has 0 bridgehead atoms. The molecule has 11 rings (SSSR count). The van der Waals surface area contributed by atoms with Gasteiger partial charge in [0.25, 0.3) is 0 Å². The van der Waals surface area contributed by atoms with Gasteiger partial charge in [0.05, 0.1) is 5.69 Å². The minimum absolute atomic E-state index is 0.349. The van der Waals surface area contributed by atoms with E-state index in [1.807, 2.05) is 11.3 Å². The lowest BCUT2D eigenvalue weighted by Gasteiger charge is -2.29. The Morgan fingerprint density at radius 2 is 1.08 bits per heavy atom. The van der Waals surface area contributed by atoms with Gasteiger partial charge in [-0.2, -0.15) is 0 Å². The number of hydrogen-bond donors (Lipinski definition) is 0. The summed E-state index contributed by atoms with van der Waals surface area (Å²) in [5.41, 5.74) is 13.5. The highest BCUT2D eigenvalue weighted by Crippen LogP contribution is 2.55. The number of benzene rings is 8. The van der Waals surface area contributed by atoms with Gasteiger partial charge in [-0.05, 0) is 88.3 Å². The van der Waals surface area contributed by atoms with Crippen LogP contribution in [0.4, 0.5) is 17.1 Å². The number of hydrogen-bond acceptors (Lipinski definition) is 3. The number of anilines is 3. The highest BCUT2D eigenvalue weighted by atomic mass is 32.1. The largest absolute Gasteiger partial charge is 0.454 e. The van der Waals surface area contributed by atoms with Crippen LogP contribution in [0, 0.1) is 0 Å². The van der Waals surface area contributed by atoms with E-state index in [1.54, 1.807) is 0 Å². The third-order valence-electron chi connectivity index (χ3n) is 11.4. The fourth-order valence-corrected chi connectivity index (χ4v) is 10.0. The molecule has 0 saturated carbocycles. The second-order valence-corrected chi connectivity index (χ2v) is 15.3. The van der Waals surface area contributed by atoms with Crippen LogP contribution in [0.15, 0.2) is 186 Å². The Balaban J connectivity index is 1.15. The number of para-hydroxylation sites is 1. The fraction of sp³-hybridized carbons (Fsp3) is 0.0400. The summed E-state index contributed by atoms with van der Waals surface area (Å²) < 4.78 is 9.58. The highest BCUT2D eigenvalue weighted by molar-refractivity contribution is 7.25. The van der Waals surface area contributed by atoms with Gasteiger partial charge in [-0.15, -0.1) is 11.3 Å². The molecule has 53 heavy (non-hydrogen) atoms. The molecule has 10 aromatic rings. The molecule has 0 amide bonds. The molecule has 1 aliphatic carbocycles. The minimum Gasteiger partial charge on any atom is -0.454 e. The summed E-state index contributed by atoms with van der Waals surface area (Å²) in [5, 5.41) is 4.86. The zero-order chi connectivity index (χ0) is 35.1. The Morgan fingerprint density at radius 3 is 1.87 bits per heavy atom. The van der Waals surface area contributed by atoms with E-state index in [9.17, 15) is 0 Å². The predicted molar refractivity (Wildman–Crippen MR) is 224 cm³/mol. The number of rotatable bonds is 5. The number of fused-ring (bicyclic) bond motifs is 9. The Morgan fingerprint density at radius 1 is 0.472 bits per heavy atom. The Kier molecular flexibility index (Phi) is 6.58. The lowest BCUT2D eigenvalue weighted by atomic mass is 9.73. The van der Waals surface area contributed by atoms with E-state index >= 15 is 0 Å². The van der Waals surface area contributed by atoms with Crippen LogP contribution in [0.5, 0.6) is 0 Å². The van der Waals surface area contributed by atoms with Crippen LogP contribution in [0.3, 0.4) is 0 Å². The Hall–Kier alpha value is -6.42. The first-order valence-electron chi connectivity index (χ1n) is 18.2. The van der Waals surface area contributed by atoms with Crippen molar-refractivity contribution >= 4 is 70.5 Å². The number of nitrogens with zero attached hydrogens (tertiary/aromatic N) is 1. The zero-order valence-electron chi connectivity index (χ0n) is 29.1. The summed E-state index contributed by atoms with van der Waals surface area (Å²) in [5.74, 6) is 0. The van der Waals surface area contributed by atoms with Crippen molar-refractivity contribution < 1.29 is 4.42 Å². The van der Waals surface area contributed by atoms with Gasteiger partial charge in [-0.3, -0.25) is 0 Å². The van der Waals surface area contributed by atoms with Crippen molar-refractivity contribution in [2.75, 3.05) is 4.90 Å². The van der Waals surface area contributed by atoms with Gasteiger partial charge in [0.1, 0.15) is 5.58 Å². The van der Waals surface area contributed by atoms with E-state index < -0.39 is 0 Å². The van der Waals surface area contributed by atoms with Crippen molar-refractivity contribution in [3.63, 3.8) is 0 Å². The highest BCUT2D eigenvalue weighted by Gasteiger charge is 2.42. The second-order valence-electron chi connectivity index (χ2n) is 14.2. The first kappa shape index (κ1) is 30.2. The quantitative estimate of drug-likeness (QED) is 0.178. The smallest absolute Gasteiger partial charge is 0.159 e. The maximum Gasteiger partial charge on any atom is 0.159 e. The Labute approximate surface area is 311 Å². The molecule has 3 heteroatoms. The molecule has 8 aromatic carbocycles. The minimum atomic E-state index is -0.349. The van der Waals surface area contributed by atoms with E-state index in [-0.39, 0.29) is 5.41 Å². The molecule has 250 valence electrons. The molecule has 2 aromatic heterocycles. The van der Waals surface area contributed by atoms with Crippen LogP contribution in [0.2, 0.25) is 0 Å². The lowest BCUT2D eigenvalue weighted by molar-refractivity contribution is 0.666. The summed E-state index contributed by atoms with van der Waals surface area (Å²) >= 11 is 1.85. The van der Waals surface area contributed by atoms with Gasteiger partial charge < -0.3 is 9.32 Å². The van der Waals surface area contributed by atoms with Crippen LogP contribution in [-0.2, 0) is 5.41 Å². The van der Waals surface area contributed by atoms with Crippen LogP contribution in [0.25, 0.3) is 64.4 Å². The van der Waals surface area contributed by atoms with E-state index in [0.29, 0.717) is 0 Å². The maximum atomic E-state index is 7.02. The lowest BCUT2D eigenvalue weighted by Crippen LogP contribution is -2.22. The molecule has 2 nitrogen and oxygen atoms in total. The molecular formula is C50H33NOS. The molecule has 2 heterocycles. The molecule has 0 spiro atoms. The first-order chi connectivity index (χ1) is 26.2. The standard InChI is InChI=1S/C50H33NOS/c1-50(41-19-8-5-15-36(41)37-16-6-9-20-42(37)50)43-21-12-23-45-48(43)40-18-11-22-44(49(40)52-45)51(34-27-25-33(26-28-34)32-13-3-2-4-14-32)35-29-30-39-38-17-7-10-24-46(38)53-47(39)31-35/h2-31H,1H3. The van der Waals surface area contributed by atoms with Crippen molar-refractivity contribution in [3.05, 3.63) is 199 Å². The third kappa shape index (κ3) is 4.44. The van der Waals surface area contributed by atoms with E-state index in [1.165, 1.54) is 59.1 Å². The monoisotopic (exact) mass is 695 g/mol. The summed E-state index contributed by atoms with van der Waals surface area (Å²) in [6.45, 7) is 2.38. The van der Waals surface area contributed by atoms with Crippen LogP contribution in [-0.4, -0.2) is 0 Å². The summed E-state index contributed by atoms with van der Waals surface area (Å²) in [7, 11) is 0. The molecule has 0 aliphatic heterocycles. The van der Waals surface area contributed by atoms with Crippen molar-refractivity contribution in [3.8, 4) is 22.3 Å². The maximum absolute atomic E-state index is 7.02. The van der Waals surface area contributed by atoms with Gasteiger partial charge in [0.15, 0.2) is 5.58 Å². The summed E-state index contributed by atoms with van der Waals surface area (Å²) in [6.07, 6.45) is 0. The molecule has 1 aliphatic rings. The predicted octanol–water partition coefficient (Wildman–Crippen LogP) is 14.4. The molecule has 0 N–H and O–H groups in total. The molecular weight excluding hydrogens is 663 g/mol. The molecule has 0 unspecified atom stereocenters. The number of thiophene rings is 1. The normalized spacial score (nSPS) is 13.2. The SMILES string of the molecule is CC1(c2cccc3oc4c(N(c5ccc(-c6ccccc6)cc5)c5ccc6c(c5)sc5ccccc56)cccc4c23)c2ccccc2-c2ccccc21. The van der Waals surface area contributed by atoms with Gasteiger partial charge in [-0.1, -0.05) is 140 Å². The average Bonchev–Trinajstić information content (AvgIpc) is 3.87. The first-order valence-corrected chi connectivity index (χ1v) is 19.0. The third-order valence-corrected chi connectivity index (χ3v) is 12.5. The summed E-state index contributed by atoms with van der Waals surface area (Å²) in [6, 6.07) is 66.0. The van der Waals surface area contributed by atoms with Crippen LogP contribution < -0.4 is 4.90 Å². The van der Waals surface area contributed by atoms with Crippen LogP contribution in [0.1, 0.15) is 23.6 Å². The summed E-state index contributed by atoms with van der Waals surface area (Å²) in [4.78, 5) is 2.37. The van der Waals surface area contributed by atoms with Gasteiger partial charge in [0.2, 0.25) is 0 Å². The van der Waals surface area contributed by atoms with E-state index in [4.69, 9.17) is 4.42 Å². The van der Waals surface area contributed by atoms with E-state index in [2.05, 4.69) is 194 Å². The van der Waals surface area contributed by atoms with Crippen molar-refractivity contribution in [1.29, 1.82) is 0 Å². The topological polar surface area (TPSA) is 16.4 Å². The fourth-order valence-electron chi connectivity index (χ4n) is 8.88. The van der Waals surface area contributed by atoms with Crippen LogP contribution >= 0.6 is 11.3 Å². The van der Waals surface area contributed by atoms with Crippen molar-refractivity contribution in [2.24, 2.45) is 0 Å². The van der Waals surface area contributed by atoms with Crippen molar-refractivity contribution in [1.82, 2.24) is 0 Å². The zero-order valence-corrected chi connectivity index (χ0v) is 29.9. The van der Waals surface area contributed by atoms with E-state index in [0.717, 1.165) is 39.0 Å². The average molecular weight is 696 g/mol. The van der Waals surface area contributed by atoms with Gasteiger partial charge in [-0.25, -0.2) is 0 Å². The number of furan rings is 1. The molecule has 0 fully saturated rings. The van der Waals surface area contributed by atoms with Gasteiger partial charge >= 0.3 is 0 Å². The van der Waals surface area contributed by atoms with Crippen molar-refractivity contribution in [2.45, 2.75) is 12.3 Å². The molecule has 0 atom stereocenters. The van der Waals surface area contributed by atoms with Gasteiger partial charge in [0, 0.05) is 47.7 Å².